The Hall–Kier alpha value is -1.50. The predicted octanol–water partition coefficient (Wildman–Crippen LogP) is 5.28. The van der Waals surface area contributed by atoms with Gasteiger partial charge in [-0.15, -0.1) is 0 Å². The first kappa shape index (κ1) is 13.5. The van der Waals surface area contributed by atoms with Crippen LogP contribution in [0.5, 0.6) is 5.75 Å². The molecule has 0 atom stereocenters. The van der Waals surface area contributed by atoms with Crippen LogP contribution in [0, 0.1) is 0 Å². The van der Waals surface area contributed by atoms with Crippen molar-refractivity contribution in [3.05, 3.63) is 41.0 Å². The molecule has 3 rings (SSSR count). The molecule has 0 bridgehead atoms. The van der Waals surface area contributed by atoms with Gasteiger partial charge in [0.15, 0.2) is 0 Å². The molecule has 20 heavy (non-hydrogen) atoms. The Morgan fingerprint density at radius 1 is 1.15 bits per heavy atom. The second kappa shape index (κ2) is 4.51. The average molecular weight is 268 g/mol. The highest BCUT2D eigenvalue weighted by atomic mass is 16.3. The number of benzene rings is 2. The zero-order chi connectivity index (χ0) is 14.5. The molecule has 0 saturated heterocycles. The smallest absolute Gasteiger partial charge is 0.119 e. The Kier molecular flexibility index (Phi) is 3.04. The predicted molar refractivity (Wildman–Crippen MR) is 85.7 cm³/mol. The second-order valence-corrected chi connectivity index (χ2v) is 7.12. The Bertz CT molecular complexity index is 665. The lowest BCUT2D eigenvalue weighted by Crippen LogP contribution is -2.23. The van der Waals surface area contributed by atoms with Crippen LogP contribution in [0.15, 0.2) is 24.3 Å². The number of hydrogen-bond acceptors (Lipinski definition) is 1. The van der Waals surface area contributed by atoms with Crippen LogP contribution in [0.2, 0.25) is 0 Å². The zero-order valence-electron chi connectivity index (χ0n) is 13.0. The van der Waals surface area contributed by atoms with Crippen LogP contribution in [0.1, 0.15) is 63.1 Å². The maximum atomic E-state index is 10.3. The third kappa shape index (κ3) is 2.00. The molecular formula is C19H24O. The maximum Gasteiger partial charge on any atom is 0.119 e. The standard InChI is InChI=1S/C19H24O/c1-12(2)15-10-13-7-8-17-14(16(13)11-18(15)20)6-5-9-19(17,3)4/h7-8,10-12,20H,5-6,9H2,1-4H3. The fraction of sp³-hybridized carbons (Fsp3) is 0.474. The molecule has 0 saturated carbocycles. The van der Waals surface area contributed by atoms with E-state index in [0.717, 1.165) is 12.0 Å². The van der Waals surface area contributed by atoms with E-state index in [-0.39, 0.29) is 5.41 Å². The summed E-state index contributed by atoms with van der Waals surface area (Å²) in [7, 11) is 0. The first-order chi connectivity index (χ1) is 9.40. The van der Waals surface area contributed by atoms with Gasteiger partial charge in [-0.1, -0.05) is 39.8 Å². The van der Waals surface area contributed by atoms with Crippen LogP contribution in [0.3, 0.4) is 0 Å². The van der Waals surface area contributed by atoms with Crippen LogP contribution >= 0.6 is 0 Å². The molecule has 0 radical (unpaired) electrons. The molecule has 1 aliphatic carbocycles. The quantitative estimate of drug-likeness (QED) is 0.745. The van der Waals surface area contributed by atoms with Gasteiger partial charge in [0.1, 0.15) is 5.75 Å². The van der Waals surface area contributed by atoms with E-state index in [1.165, 1.54) is 34.7 Å². The fourth-order valence-corrected chi connectivity index (χ4v) is 3.65. The zero-order valence-corrected chi connectivity index (χ0v) is 13.0. The summed E-state index contributed by atoms with van der Waals surface area (Å²) in [6.45, 7) is 8.92. The van der Waals surface area contributed by atoms with E-state index in [1.54, 1.807) is 0 Å². The molecule has 1 N–H and O–H groups in total. The highest BCUT2D eigenvalue weighted by Gasteiger charge is 2.28. The van der Waals surface area contributed by atoms with Gasteiger partial charge in [-0.3, -0.25) is 0 Å². The second-order valence-electron chi connectivity index (χ2n) is 7.12. The van der Waals surface area contributed by atoms with E-state index in [2.05, 4.69) is 45.9 Å². The third-order valence-corrected chi connectivity index (χ3v) is 4.86. The Morgan fingerprint density at radius 2 is 1.90 bits per heavy atom. The summed E-state index contributed by atoms with van der Waals surface area (Å²) in [4.78, 5) is 0. The van der Waals surface area contributed by atoms with E-state index >= 15 is 0 Å². The molecule has 0 fully saturated rings. The Labute approximate surface area is 121 Å². The van der Waals surface area contributed by atoms with Crippen molar-refractivity contribution < 1.29 is 5.11 Å². The molecule has 1 aliphatic rings. The van der Waals surface area contributed by atoms with E-state index < -0.39 is 0 Å². The summed E-state index contributed by atoms with van der Waals surface area (Å²) < 4.78 is 0. The Morgan fingerprint density at radius 3 is 2.60 bits per heavy atom. The number of hydrogen-bond donors (Lipinski definition) is 1. The van der Waals surface area contributed by atoms with Gasteiger partial charge in [0.25, 0.3) is 0 Å². The van der Waals surface area contributed by atoms with Gasteiger partial charge in [-0.05, 0) is 70.2 Å². The fourth-order valence-electron chi connectivity index (χ4n) is 3.65. The molecule has 1 nitrogen and oxygen atoms in total. The molecule has 1 heteroatoms. The highest BCUT2D eigenvalue weighted by Crippen LogP contribution is 2.41. The highest BCUT2D eigenvalue weighted by molar-refractivity contribution is 5.89. The van der Waals surface area contributed by atoms with E-state index in [4.69, 9.17) is 0 Å². The number of rotatable bonds is 1. The molecule has 2 aromatic carbocycles. The minimum absolute atomic E-state index is 0.258. The van der Waals surface area contributed by atoms with Crippen molar-refractivity contribution in [1.29, 1.82) is 0 Å². The summed E-state index contributed by atoms with van der Waals surface area (Å²) in [6.07, 6.45) is 3.63. The van der Waals surface area contributed by atoms with Gasteiger partial charge in [0.05, 0.1) is 0 Å². The molecule has 0 spiro atoms. The summed E-state index contributed by atoms with van der Waals surface area (Å²) in [5.41, 5.74) is 4.22. The van der Waals surface area contributed by atoms with Gasteiger partial charge in [-0.25, -0.2) is 0 Å². The van der Waals surface area contributed by atoms with Crippen molar-refractivity contribution >= 4 is 10.8 Å². The molecular weight excluding hydrogens is 244 g/mol. The first-order valence-electron chi connectivity index (χ1n) is 7.69. The lowest BCUT2D eigenvalue weighted by Gasteiger charge is -2.33. The molecule has 2 aromatic rings. The van der Waals surface area contributed by atoms with Crippen molar-refractivity contribution in [2.24, 2.45) is 0 Å². The lowest BCUT2D eigenvalue weighted by atomic mass is 9.71. The third-order valence-electron chi connectivity index (χ3n) is 4.86. The number of phenols is 1. The van der Waals surface area contributed by atoms with Gasteiger partial charge in [0, 0.05) is 0 Å². The van der Waals surface area contributed by atoms with Crippen molar-refractivity contribution in [2.45, 2.75) is 58.3 Å². The van der Waals surface area contributed by atoms with Crippen molar-refractivity contribution in [2.75, 3.05) is 0 Å². The minimum Gasteiger partial charge on any atom is -0.508 e. The number of phenolic OH excluding ortho intramolecular Hbond substituents is 1. The van der Waals surface area contributed by atoms with E-state index in [1.807, 2.05) is 6.07 Å². The number of fused-ring (bicyclic) bond motifs is 3. The van der Waals surface area contributed by atoms with Crippen LogP contribution in [0.4, 0.5) is 0 Å². The van der Waals surface area contributed by atoms with Crippen LogP contribution in [-0.4, -0.2) is 5.11 Å². The summed E-state index contributed by atoms with van der Waals surface area (Å²) in [5.74, 6) is 0.802. The summed E-state index contributed by atoms with van der Waals surface area (Å²) in [5, 5.41) is 12.8. The molecule has 106 valence electrons. The number of aryl methyl sites for hydroxylation is 1. The molecule has 0 heterocycles. The monoisotopic (exact) mass is 268 g/mol. The van der Waals surface area contributed by atoms with Gasteiger partial charge in [0.2, 0.25) is 0 Å². The van der Waals surface area contributed by atoms with Gasteiger partial charge >= 0.3 is 0 Å². The number of aromatic hydroxyl groups is 1. The van der Waals surface area contributed by atoms with Crippen molar-refractivity contribution in [3.8, 4) is 5.75 Å². The first-order valence-corrected chi connectivity index (χ1v) is 7.69. The molecule has 0 unspecified atom stereocenters. The van der Waals surface area contributed by atoms with Crippen molar-refractivity contribution in [1.82, 2.24) is 0 Å². The van der Waals surface area contributed by atoms with Crippen molar-refractivity contribution in [3.63, 3.8) is 0 Å². The maximum absolute atomic E-state index is 10.3. The molecule has 0 amide bonds. The van der Waals surface area contributed by atoms with Crippen LogP contribution in [0.25, 0.3) is 10.8 Å². The summed E-state index contributed by atoms with van der Waals surface area (Å²) in [6, 6.07) is 8.69. The van der Waals surface area contributed by atoms with E-state index in [0.29, 0.717) is 11.7 Å². The van der Waals surface area contributed by atoms with Gasteiger partial charge < -0.3 is 5.11 Å². The normalized spacial score (nSPS) is 17.4. The topological polar surface area (TPSA) is 20.2 Å². The molecule has 0 aliphatic heterocycles. The SMILES string of the molecule is CC(C)c1cc2ccc3c(c2cc1O)CCCC3(C)C. The average Bonchev–Trinajstić information content (AvgIpc) is 2.37. The Balaban J connectivity index is 2.29. The molecule has 0 aromatic heterocycles. The van der Waals surface area contributed by atoms with Crippen LogP contribution in [-0.2, 0) is 11.8 Å². The summed E-state index contributed by atoms with van der Waals surface area (Å²) >= 11 is 0. The lowest BCUT2D eigenvalue weighted by molar-refractivity contribution is 0.433. The van der Waals surface area contributed by atoms with Crippen LogP contribution < -0.4 is 0 Å². The largest absolute Gasteiger partial charge is 0.508 e. The van der Waals surface area contributed by atoms with E-state index in [9.17, 15) is 5.11 Å². The minimum atomic E-state index is 0.258. The van der Waals surface area contributed by atoms with Gasteiger partial charge in [-0.2, -0.15) is 0 Å².